The molecule has 1 heterocycles. The lowest BCUT2D eigenvalue weighted by atomic mass is 10.1. The van der Waals surface area contributed by atoms with Crippen molar-refractivity contribution in [3.8, 4) is 11.3 Å². The number of rotatable bonds is 4. The predicted octanol–water partition coefficient (Wildman–Crippen LogP) is 3.76. The summed E-state index contributed by atoms with van der Waals surface area (Å²) in [5.41, 5.74) is 3.73. The summed E-state index contributed by atoms with van der Waals surface area (Å²) < 4.78 is 32.4. The highest BCUT2D eigenvalue weighted by atomic mass is 32.2. The van der Waals surface area contributed by atoms with Gasteiger partial charge in [-0.15, -0.1) is 0 Å². The SMILES string of the molecule is Cc1cc(C)cc(NS(=O)(=O)c2cc(-c3ccccc3)no2)c1. The highest BCUT2D eigenvalue weighted by molar-refractivity contribution is 7.92. The van der Waals surface area contributed by atoms with Crippen LogP contribution in [0, 0.1) is 13.8 Å². The van der Waals surface area contributed by atoms with Crippen molar-refractivity contribution in [2.24, 2.45) is 0 Å². The Balaban J connectivity index is 1.90. The highest BCUT2D eigenvalue weighted by Crippen LogP contribution is 2.23. The first kappa shape index (κ1) is 15.3. The van der Waals surface area contributed by atoms with Crippen molar-refractivity contribution in [2.75, 3.05) is 4.72 Å². The van der Waals surface area contributed by atoms with Crippen molar-refractivity contribution in [2.45, 2.75) is 18.9 Å². The maximum Gasteiger partial charge on any atom is 0.298 e. The van der Waals surface area contributed by atoms with Crippen LogP contribution < -0.4 is 4.72 Å². The third-order valence-corrected chi connectivity index (χ3v) is 4.52. The maximum atomic E-state index is 12.4. The molecule has 0 amide bonds. The van der Waals surface area contributed by atoms with Crippen LogP contribution in [0.2, 0.25) is 0 Å². The summed E-state index contributed by atoms with van der Waals surface area (Å²) >= 11 is 0. The van der Waals surface area contributed by atoms with E-state index in [1.54, 1.807) is 12.1 Å². The van der Waals surface area contributed by atoms with Gasteiger partial charge in [-0.3, -0.25) is 4.72 Å². The quantitative estimate of drug-likeness (QED) is 0.791. The molecule has 0 fully saturated rings. The average molecular weight is 328 g/mol. The molecule has 0 spiro atoms. The Bertz CT molecular complexity index is 911. The number of nitrogens with one attached hydrogen (secondary N) is 1. The van der Waals surface area contributed by atoms with E-state index in [1.165, 1.54) is 6.07 Å². The Hall–Kier alpha value is -2.60. The lowest BCUT2D eigenvalue weighted by molar-refractivity contribution is 0.341. The molecular formula is C17H16N2O3S. The van der Waals surface area contributed by atoms with Crippen molar-refractivity contribution in [1.82, 2.24) is 5.16 Å². The van der Waals surface area contributed by atoms with E-state index < -0.39 is 10.0 Å². The van der Waals surface area contributed by atoms with Crippen molar-refractivity contribution < 1.29 is 12.9 Å². The third-order valence-electron chi connectivity index (χ3n) is 3.30. The van der Waals surface area contributed by atoms with Gasteiger partial charge in [0.25, 0.3) is 15.1 Å². The van der Waals surface area contributed by atoms with Crippen LogP contribution in [-0.2, 0) is 10.0 Å². The molecule has 5 nitrogen and oxygen atoms in total. The summed E-state index contributed by atoms with van der Waals surface area (Å²) in [6.45, 7) is 3.82. The molecule has 6 heteroatoms. The van der Waals surface area contributed by atoms with Crippen LogP contribution in [0.3, 0.4) is 0 Å². The molecule has 0 atom stereocenters. The van der Waals surface area contributed by atoms with Crippen molar-refractivity contribution in [3.05, 3.63) is 65.7 Å². The normalized spacial score (nSPS) is 11.4. The Morgan fingerprint density at radius 1 is 0.957 bits per heavy atom. The van der Waals surface area contributed by atoms with Gasteiger partial charge in [0, 0.05) is 17.3 Å². The minimum Gasteiger partial charge on any atom is -0.342 e. The van der Waals surface area contributed by atoms with E-state index in [-0.39, 0.29) is 5.09 Å². The molecule has 0 aliphatic rings. The third kappa shape index (κ3) is 3.43. The van der Waals surface area contributed by atoms with Crippen LogP contribution in [0.25, 0.3) is 11.3 Å². The zero-order chi connectivity index (χ0) is 16.4. The standard InChI is InChI=1S/C17H16N2O3S/c1-12-8-13(2)10-15(9-12)19-23(20,21)17-11-16(18-22-17)14-6-4-3-5-7-14/h3-11,19H,1-2H3. The van der Waals surface area contributed by atoms with E-state index in [2.05, 4.69) is 9.88 Å². The average Bonchev–Trinajstić information content (AvgIpc) is 2.97. The van der Waals surface area contributed by atoms with Crippen LogP contribution in [0.4, 0.5) is 5.69 Å². The number of anilines is 1. The van der Waals surface area contributed by atoms with E-state index in [1.807, 2.05) is 50.2 Å². The smallest absolute Gasteiger partial charge is 0.298 e. The molecular weight excluding hydrogens is 312 g/mol. The van der Waals surface area contributed by atoms with Gasteiger partial charge >= 0.3 is 0 Å². The van der Waals surface area contributed by atoms with Crippen LogP contribution in [0.15, 0.2) is 64.2 Å². The van der Waals surface area contributed by atoms with Crippen molar-refractivity contribution in [1.29, 1.82) is 0 Å². The zero-order valence-electron chi connectivity index (χ0n) is 12.8. The zero-order valence-corrected chi connectivity index (χ0v) is 13.6. The minimum absolute atomic E-state index is 0.212. The molecule has 1 aromatic heterocycles. The van der Waals surface area contributed by atoms with Crippen molar-refractivity contribution >= 4 is 15.7 Å². The van der Waals surface area contributed by atoms with Gasteiger partial charge in [0.15, 0.2) is 0 Å². The van der Waals surface area contributed by atoms with E-state index >= 15 is 0 Å². The summed E-state index contributed by atoms with van der Waals surface area (Å²) in [6, 6.07) is 16.2. The predicted molar refractivity (Wildman–Crippen MR) is 88.7 cm³/mol. The fraction of sp³-hybridized carbons (Fsp3) is 0.118. The minimum atomic E-state index is -3.81. The van der Waals surface area contributed by atoms with Crippen LogP contribution in [0.1, 0.15) is 11.1 Å². The Morgan fingerprint density at radius 2 is 1.61 bits per heavy atom. The number of sulfonamides is 1. The second-order valence-corrected chi connectivity index (χ2v) is 6.99. The number of hydrogen-bond acceptors (Lipinski definition) is 4. The van der Waals surface area contributed by atoms with Gasteiger partial charge < -0.3 is 4.52 Å². The van der Waals surface area contributed by atoms with E-state index in [0.29, 0.717) is 11.4 Å². The second-order valence-electron chi connectivity index (χ2n) is 5.38. The molecule has 0 unspecified atom stereocenters. The molecule has 0 radical (unpaired) electrons. The fourth-order valence-corrected chi connectivity index (χ4v) is 3.30. The van der Waals surface area contributed by atoms with Gasteiger partial charge in [-0.2, -0.15) is 8.42 Å². The molecule has 23 heavy (non-hydrogen) atoms. The molecule has 0 bridgehead atoms. The number of aryl methyl sites for hydroxylation is 2. The van der Waals surface area contributed by atoms with Crippen molar-refractivity contribution in [3.63, 3.8) is 0 Å². The topological polar surface area (TPSA) is 72.2 Å². The molecule has 0 aliphatic heterocycles. The molecule has 0 saturated carbocycles. The van der Waals surface area contributed by atoms with Gasteiger partial charge in [-0.25, -0.2) is 0 Å². The first-order chi connectivity index (χ1) is 10.9. The van der Waals surface area contributed by atoms with Gasteiger partial charge in [0.2, 0.25) is 0 Å². The van der Waals surface area contributed by atoms with Gasteiger partial charge in [0.05, 0.1) is 0 Å². The molecule has 0 saturated heterocycles. The Morgan fingerprint density at radius 3 is 2.26 bits per heavy atom. The van der Waals surface area contributed by atoms with Gasteiger partial charge in [-0.05, 0) is 37.1 Å². The number of aromatic nitrogens is 1. The summed E-state index contributed by atoms with van der Waals surface area (Å²) in [5, 5.41) is 3.62. The summed E-state index contributed by atoms with van der Waals surface area (Å²) in [6.07, 6.45) is 0. The molecule has 0 aliphatic carbocycles. The number of nitrogens with zero attached hydrogens (tertiary/aromatic N) is 1. The molecule has 1 N–H and O–H groups in total. The van der Waals surface area contributed by atoms with Gasteiger partial charge in [-0.1, -0.05) is 41.6 Å². The molecule has 118 valence electrons. The van der Waals surface area contributed by atoms with E-state index in [0.717, 1.165) is 16.7 Å². The summed E-state index contributed by atoms with van der Waals surface area (Å²) in [5.74, 6) is 0. The fourth-order valence-electron chi connectivity index (χ4n) is 2.37. The van der Waals surface area contributed by atoms with Gasteiger partial charge in [0.1, 0.15) is 5.69 Å². The van der Waals surface area contributed by atoms with Crippen LogP contribution >= 0.6 is 0 Å². The Labute approximate surface area is 135 Å². The lowest BCUT2D eigenvalue weighted by Gasteiger charge is -2.07. The first-order valence-corrected chi connectivity index (χ1v) is 8.56. The maximum absolute atomic E-state index is 12.4. The Kier molecular flexibility index (Phi) is 3.92. The molecule has 3 aromatic rings. The number of benzene rings is 2. The second kappa shape index (κ2) is 5.89. The monoisotopic (exact) mass is 328 g/mol. The summed E-state index contributed by atoms with van der Waals surface area (Å²) in [7, 11) is -3.81. The lowest BCUT2D eigenvalue weighted by Crippen LogP contribution is -2.12. The summed E-state index contributed by atoms with van der Waals surface area (Å²) in [4.78, 5) is 0. The first-order valence-electron chi connectivity index (χ1n) is 7.07. The highest BCUT2D eigenvalue weighted by Gasteiger charge is 2.21. The van der Waals surface area contributed by atoms with Crippen LogP contribution in [0.5, 0.6) is 0 Å². The largest absolute Gasteiger partial charge is 0.342 e. The number of hydrogen-bond donors (Lipinski definition) is 1. The molecule has 3 rings (SSSR count). The van der Waals surface area contributed by atoms with E-state index in [4.69, 9.17) is 4.52 Å². The van der Waals surface area contributed by atoms with E-state index in [9.17, 15) is 8.42 Å². The molecule has 2 aromatic carbocycles. The van der Waals surface area contributed by atoms with Crippen LogP contribution in [-0.4, -0.2) is 13.6 Å².